The number of hydrogen-bond acceptors (Lipinski definition) is 5. The number of benzene rings is 1. The van der Waals surface area contributed by atoms with Crippen LogP contribution >= 0.6 is 18.7 Å². The Bertz CT molecular complexity index is 899. The summed E-state index contributed by atoms with van der Waals surface area (Å²) in [5.74, 6) is -1.34. The van der Waals surface area contributed by atoms with Crippen LogP contribution in [0.2, 0.25) is 0 Å². The second-order valence-electron chi connectivity index (χ2n) is 6.85. The Morgan fingerprint density at radius 1 is 1.15 bits per heavy atom. The largest absolute Gasteiger partial charge is 0.466 e. The summed E-state index contributed by atoms with van der Waals surface area (Å²) in [5, 5.41) is 1.05. The van der Waals surface area contributed by atoms with Crippen molar-refractivity contribution in [2.45, 2.75) is 19.5 Å². The third-order valence-corrected chi connectivity index (χ3v) is 9.34. The van der Waals surface area contributed by atoms with Gasteiger partial charge in [0.05, 0.1) is 31.0 Å². The lowest BCUT2D eigenvalue weighted by Gasteiger charge is -2.47. The maximum atomic E-state index is 14.1. The molecule has 0 saturated heterocycles. The van der Waals surface area contributed by atoms with Crippen LogP contribution in [0.5, 0.6) is 0 Å². The molecule has 2 heterocycles. The predicted octanol–water partition coefficient (Wildman–Crippen LogP) is 3.15. The fourth-order valence-electron chi connectivity index (χ4n) is 3.84. The van der Waals surface area contributed by atoms with E-state index in [1.165, 1.54) is 14.2 Å². The van der Waals surface area contributed by atoms with Gasteiger partial charge in [0.15, 0.2) is 0 Å². The van der Waals surface area contributed by atoms with E-state index in [-0.39, 0.29) is 17.3 Å². The fourth-order valence-corrected chi connectivity index (χ4v) is 7.97. The van der Waals surface area contributed by atoms with Gasteiger partial charge in [0, 0.05) is 21.9 Å². The third-order valence-electron chi connectivity index (χ3n) is 5.21. The van der Waals surface area contributed by atoms with Crippen molar-refractivity contribution < 1.29 is 23.6 Å². The number of rotatable bonds is 3. The first-order valence-electron chi connectivity index (χ1n) is 8.14. The molecule has 1 aromatic carbocycles. The smallest absolute Gasteiger partial charge is 0.335 e. The third kappa shape index (κ3) is 2.57. The molecule has 0 saturated carbocycles. The molecule has 2 bridgehead atoms. The van der Waals surface area contributed by atoms with Crippen LogP contribution in [0.15, 0.2) is 46.5 Å². The van der Waals surface area contributed by atoms with E-state index in [9.17, 15) is 14.2 Å². The number of methoxy groups -OCH3 is 2. The van der Waals surface area contributed by atoms with Gasteiger partial charge in [-0.05, 0) is 13.8 Å². The molecular weight excluding hydrogens is 375 g/mol. The fraction of sp³-hybridized carbons (Fsp3) is 0.368. The lowest BCUT2D eigenvalue weighted by atomic mass is 9.75. The van der Waals surface area contributed by atoms with Gasteiger partial charge in [0.1, 0.15) is 7.14 Å². The van der Waals surface area contributed by atoms with Crippen molar-refractivity contribution in [3.8, 4) is 0 Å². The van der Waals surface area contributed by atoms with Crippen molar-refractivity contribution in [1.29, 1.82) is 0 Å². The zero-order valence-corrected chi connectivity index (χ0v) is 16.7. The topological polar surface area (TPSA) is 69.7 Å². The molecule has 1 unspecified atom stereocenters. The summed E-state index contributed by atoms with van der Waals surface area (Å²) in [4.78, 5) is 25.0. The highest BCUT2D eigenvalue weighted by Crippen LogP contribution is 2.68. The minimum absolute atomic E-state index is 0.0846. The van der Waals surface area contributed by atoms with Crippen LogP contribution in [0.3, 0.4) is 0 Å². The van der Waals surface area contributed by atoms with Gasteiger partial charge in [-0.2, -0.15) is 0 Å². The van der Waals surface area contributed by atoms with Gasteiger partial charge < -0.3 is 14.0 Å². The summed E-state index contributed by atoms with van der Waals surface area (Å²) in [5.41, 5.74) is -0.598. The number of fused-ring (bicyclic) bond motifs is 1. The van der Waals surface area contributed by atoms with Crippen LogP contribution in [-0.4, -0.2) is 38.0 Å². The molecule has 26 heavy (non-hydrogen) atoms. The van der Waals surface area contributed by atoms with E-state index in [4.69, 9.17) is 21.1 Å². The van der Waals surface area contributed by atoms with Gasteiger partial charge in [-0.3, -0.25) is 0 Å². The van der Waals surface area contributed by atoms with Crippen molar-refractivity contribution in [3.05, 3.63) is 52.1 Å². The maximum absolute atomic E-state index is 14.1. The Balaban J connectivity index is 2.29. The number of aryl methyl sites for hydroxylation is 1. The molecule has 7 heteroatoms. The molecule has 0 amide bonds. The van der Waals surface area contributed by atoms with E-state index >= 15 is 0 Å². The molecule has 0 radical (unpaired) electrons. The molecule has 3 atom stereocenters. The Morgan fingerprint density at radius 3 is 2.27 bits per heavy atom. The van der Waals surface area contributed by atoms with Gasteiger partial charge in [-0.1, -0.05) is 47.5 Å². The highest BCUT2D eigenvalue weighted by Gasteiger charge is 2.59. The van der Waals surface area contributed by atoms with E-state index < -0.39 is 30.2 Å². The molecule has 5 nitrogen and oxygen atoms in total. The summed E-state index contributed by atoms with van der Waals surface area (Å²) in [6.07, 6.45) is 1.79. The van der Waals surface area contributed by atoms with Crippen LogP contribution < -0.4 is 5.30 Å². The number of carbonyl (C=O) groups is 2. The van der Waals surface area contributed by atoms with Crippen molar-refractivity contribution in [1.82, 2.24) is 0 Å². The second kappa shape index (κ2) is 6.40. The van der Waals surface area contributed by atoms with Gasteiger partial charge in [-0.25, -0.2) is 9.59 Å². The van der Waals surface area contributed by atoms with Crippen LogP contribution in [-0.2, 0) is 23.6 Å². The zero-order chi connectivity index (χ0) is 19.3. The number of allylic oxidation sites excluding steroid dienone is 2. The summed E-state index contributed by atoms with van der Waals surface area (Å²) in [6, 6.07) is 7.39. The van der Waals surface area contributed by atoms with Crippen LogP contribution in [0, 0.1) is 12.3 Å². The maximum Gasteiger partial charge on any atom is 0.335 e. The van der Waals surface area contributed by atoms with Crippen LogP contribution in [0.1, 0.15) is 12.5 Å². The Kier molecular flexibility index (Phi) is 4.66. The lowest BCUT2D eigenvalue weighted by Crippen LogP contribution is -2.46. The van der Waals surface area contributed by atoms with Gasteiger partial charge in [0.2, 0.25) is 0 Å². The summed E-state index contributed by atoms with van der Waals surface area (Å²) in [7, 11) is -0.611. The van der Waals surface area contributed by atoms with Gasteiger partial charge in [-0.15, -0.1) is 0 Å². The first-order chi connectivity index (χ1) is 12.2. The lowest BCUT2D eigenvalue weighted by molar-refractivity contribution is -0.140. The molecule has 2 aliphatic heterocycles. The van der Waals surface area contributed by atoms with E-state index in [1.54, 1.807) is 13.0 Å². The monoisotopic (exact) mass is 394 g/mol. The average Bonchev–Trinajstić information content (AvgIpc) is 2.61. The van der Waals surface area contributed by atoms with Gasteiger partial charge in [0.25, 0.3) is 0 Å². The number of halogens is 1. The molecule has 1 aliphatic carbocycles. The van der Waals surface area contributed by atoms with E-state index in [0.717, 1.165) is 5.56 Å². The minimum Gasteiger partial charge on any atom is -0.466 e. The molecule has 3 aliphatic rings. The van der Waals surface area contributed by atoms with Crippen molar-refractivity contribution >= 4 is 36.0 Å². The SMILES string of the molecule is COC(=O)C1=C(C(=O)OC)[C@]2(C)CP(=O)(c3ccc(C)cc3)[C@H]1C=C2Cl. The molecule has 0 aromatic heterocycles. The second-order valence-corrected chi connectivity index (χ2v) is 10.2. The van der Waals surface area contributed by atoms with Crippen molar-refractivity contribution in [2.24, 2.45) is 5.41 Å². The minimum atomic E-state index is -3.09. The molecular formula is C19H20ClO5P. The molecule has 0 N–H and O–H groups in total. The quantitative estimate of drug-likeness (QED) is 0.582. The molecule has 0 fully saturated rings. The molecule has 1 aromatic rings. The first-order valence-corrected chi connectivity index (χ1v) is 10.5. The molecule has 0 spiro atoms. The highest BCUT2D eigenvalue weighted by atomic mass is 35.5. The summed E-state index contributed by atoms with van der Waals surface area (Å²) in [6.45, 7) is 3.66. The normalized spacial score (nSPS) is 30.0. The number of esters is 2. The molecule has 4 rings (SSSR count). The van der Waals surface area contributed by atoms with Crippen molar-refractivity contribution in [3.63, 3.8) is 0 Å². The van der Waals surface area contributed by atoms with E-state index in [1.807, 2.05) is 31.2 Å². The summed E-state index contributed by atoms with van der Waals surface area (Å²) >= 11 is 6.45. The predicted molar refractivity (Wildman–Crippen MR) is 100 cm³/mol. The number of hydrogen-bond donors (Lipinski definition) is 0. The highest BCUT2D eigenvalue weighted by molar-refractivity contribution is 7.73. The van der Waals surface area contributed by atoms with Crippen LogP contribution in [0.4, 0.5) is 0 Å². The number of ether oxygens (including phenoxy) is 2. The first kappa shape index (κ1) is 18.9. The Hall–Kier alpha value is -1.84. The zero-order valence-electron chi connectivity index (χ0n) is 15.0. The van der Waals surface area contributed by atoms with Crippen LogP contribution in [0.25, 0.3) is 0 Å². The van der Waals surface area contributed by atoms with E-state index in [2.05, 4.69) is 0 Å². The standard InChI is InChI=1S/C19H20ClO5P/c1-11-5-7-12(8-6-11)26(23)10-19(2)14(20)9-13(26)15(17(21)24-3)16(19)18(22)25-4/h5-9,13H,10H2,1-4H3/t13-,19+,26?/m0/s1. The average molecular weight is 395 g/mol. The molecule has 138 valence electrons. The number of carbonyl (C=O) groups excluding carboxylic acids is 2. The Morgan fingerprint density at radius 2 is 1.73 bits per heavy atom. The Labute approximate surface area is 157 Å². The van der Waals surface area contributed by atoms with E-state index in [0.29, 0.717) is 10.3 Å². The van der Waals surface area contributed by atoms with Crippen molar-refractivity contribution in [2.75, 3.05) is 20.4 Å². The van der Waals surface area contributed by atoms with Gasteiger partial charge >= 0.3 is 11.9 Å². The summed E-state index contributed by atoms with van der Waals surface area (Å²) < 4.78 is 23.9.